The highest BCUT2D eigenvalue weighted by Gasteiger charge is 2.29. The number of carbonyl (C=O) groups is 1. The van der Waals surface area contributed by atoms with Crippen molar-refractivity contribution in [2.75, 3.05) is 36.4 Å². The number of pyridine rings is 1. The standard InChI is InChI=1S/C22H24N6O3S/c1-16(29)18-6-5-7-19(14-18)32(30,31)28-12-10-27(11-13-28)22-15-21(24-17(2)25-22)26-20-8-3-4-9-23-20/h3-9,14-15H,10-13H2,1-2H3,(H,23,24,25,26). The predicted octanol–water partition coefficient (Wildman–Crippen LogP) is 2.64. The van der Waals surface area contributed by atoms with Gasteiger partial charge < -0.3 is 10.2 Å². The third-order valence-corrected chi connectivity index (χ3v) is 7.08. The smallest absolute Gasteiger partial charge is 0.243 e. The highest BCUT2D eigenvalue weighted by Crippen LogP contribution is 2.23. The first-order valence-corrected chi connectivity index (χ1v) is 11.7. The van der Waals surface area contributed by atoms with Gasteiger partial charge in [0.25, 0.3) is 0 Å². The summed E-state index contributed by atoms with van der Waals surface area (Å²) in [5, 5.41) is 3.17. The highest BCUT2D eigenvalue weighted by molar-refractivity contribution is 7.89. The average Bonchev–Trinajstić information content (AvgIpc) is 2.79. The molecule has 0 saturated carbocycles. The molecule has 4 rings (SSSR count). The van der Waals surface area contributed by atoms with Gasteiger partial charge in [-0.05, 0) is 38.1 Å². The molecule has 166 valence electrons. The maximum absolute atomic E-state index is 13.1. The minimum absolute atomic E-state index is 0.137. The van der Waals surface area contributed by atoms with E-state index in [1.807, 2.05) is 36.1 Å². The maximum Gasteiger partial charge on any atom is 0.243 e. The molecule has 0 amide bonds. The van der Waals surface area contributed by atoms with E-state index in [-0.39, 0.29) is 10.7 Å². The molecule has 10 heteroatoms. The Balaban J connectivity index is 1.48. The van der Waals surface area contributed by atoms with E-state index in [0.29, 0.717) is 49.2 Å². The SMILES string of the molecule is CC(=O)c1cccc(S(=O)(=O)N2CCN(c3cc(Nc4ccccn4)nc(C)n3)CC2)c1. The van der Waals surface area contributed by atoms with Gasteiger partial charge in [-0.25, -0.2) is 23.4 Å². The van der Waals surface area contributed by atoms with Crippen molar-refractivity contribution in [3.63, 3.8) is 0 Å². The van der Waals surface area contributed by atoms with Crippen LogP contribution in [0.2, 0.25) is 0 Å². The minimum atomic E-state index is -3.68. The summed E-state index contributed by atoms with van der Waals surface area (Å²) in [6, 6.07) is 13.6. The average molecular weight is 453 g/mol. The number of Topliss-reactive ketones (excluding diaryl/α,β-unsaturated/α-hetero) is 1. The van der Waals surface area contributed by atoms with Crippen LogP contribution in [-0.4, -0.2) is 59.6 Å². The van der Waals surface area contributed by atoms with Crippen molar-refractivity contribution < 1.29 is 13.2 Å². The molecule has 1 N–H and O–H groups in total. The van der Waals surface area contributed by atoms with E-state index >= 15 is 0 Å². The number of hydrogen-bond donors (Lipinski definition) is 1. The van der Waals surface area contributed by atoms with Crippen LogP contribution in [0.5, 0.6) is 0 Å². The molecule has 1 aliphatic rings. The zero-order valence-corrected chi connectivity index (χ0v) is 18.7. The summed E-state index contributed by atoms with van der Waals surface area (Å²) in [6.07, 6.45) is 1.70. The molecule has 3 heterocycles. The van der Waals surface area contributed by atoms with E-state index in [9.17, 15) is 13.2 Å². The van der Waals surface area contributed by atoms with E-state index < -0.39 is 10.0 Å². The summed E-state index contributed by atoms with van der Waals surface area (Å²) < 4.78 is 27.6. The number of nitrogens with zero attached hydrogens (tertiary/aromatic N) is 5. The predicted molar refractivity (Wildman–Crippen MR) is 122 cm³/mol. The van der Waals surface area contributed by atoms with E-state index in [0.717, 1.165) is 5.82 Å². The van der Waals surface area contributed by atoms with Crippen molar-refractivity contribution in [1.29, 1.82) is 0 Å². The number of anilines is 3. The lowest BCUT2D eigenvalue weighted by Crippen LogP contribution is -2.49. The fourth-order valence-corrected chi connectivity index (χ4v) is 5.00. The second-order valence-corrected chi connectivity index (χ2v) is 9.41. The van der Waals surface area contributed by atoms with Crippen LogP contribution >= 0.6 is 0 Å². The lowest BCUT2D eigenvalue weighted by atomic mass is 10.2. The van der Waals surface area contributed by atoms with Crippen LogP contribution in [0.1, 0.15) is 23.1 Å². The first kappa shape index (κ1) is 21.8. The summed E-state index contributed by atoms with van der Waals surface area (Å²) >= 11 is 0. The van der Waals surface area contributed by atoms with Crippen LogP contribution in [0.4, 0.5) is 17.5 Å². The van der Waals surface area contributed by atoms with Gasteiger partial charge >= 0.3 is 0 Å². The largest absolute Gasteiger partial charge is 0.354 e. The van der Waals surface area contributed by atoms with Gasteiger partial charge in [-0.15, -0.1) is 0 Å². The maximum atomic E-state index is 13.1. The number of ketones is 1. The highest BCUT2D eigenvalue weighted by atomic mass is 32.2. The third kappa shape index (κ3) is 4.76. The molecule has 9 nitrogen and oxygen atoms in total. The van der Waals surface area contributed by atoms with Gasteiger partial charge in [0.05, 0.1) is 4.90 Å². The van der Waals surface area contributed by atoms with E-state index in [2.05, 4.69) is 20.3 Å². The Morgan fingerprint density at radius 3 is 2.44 bits per heavy atom. The van der Waals surface area contributed by atoms with E-state index in [1.165, 1.54) is 23.4 Å². The topological polar surface area (TPSA) is 108 Å². The van der Waals surface area contributed by atoms with Crippen molar-refractivity contribution in [2.24, 2.45) is 0 Å². The molecule has 1 aliphatic heterocycles. The Hall–Kier alpha value is -3.37. The molecular formula is C22H24N6O3S. The van der Waals surface area contributed by atoms with Crippen molar-refractivity contribution in [2.45, 2.75) is 18.7 Å². The number of aryl methyl sites for hydroxylation is 1. The molecule has 0 spiro atoms. The second-order valence-electron chi connectivity index (χ2n) is 7.47. The van der Waals surface area contributed by atoms with Gasteiger partial charge in [0.2, 0.25) is 10.0 Å². The minimum Gasteiger partial charge on any atom is -0.354 e. The molecular weight excluding hydrogens is 428 g/mol. The lowest BCUT2D eigenvalue weighted by Gasteiger charge is -2.34. The van der Waals surface area contributed by atoms with Crippen molar-refractivity contribution in [3.05, 3.63) is 66.1 Å². The second kappa shape index (κ2) is 9.01. The summed E-state index contributed by atoms with van der Waals surface area (Å²) in [5.74, 6) is 2.48. The molecule has 1 fully saturated rings. The summed E-state index contributed by atoms with van der Waals surface area (Å²) in [4.78, 5) is 27.0. The Bertz CT molecular complexity index is 1230. The molecule has 32 heavy (non-hydrogen) atoms. The van der Waals surface area contributed by atoms with Crippen molar-refractivity contribution in [3.8, 4) is 0 Å². The van der Waals surface area contributed by atoms with Gasteiger partial charge in [-0.1, -0.05) is 18.2 Å². The summed E-state index contributed by atoms with van der Waals surface area (Å²) in [6.45, 7) is 4.86. The molecule has 1 saturated heterocycles. The number of nitrogens with one attached hydrogen (secondary N) is 1. The number of carbonyl (C=O) groups excluding carboxylic acids is 1. The van der Waals surface area contributed by atoms with Crippen molar-refractivity contribution in [1.82, 2.24) is 19.3 Å². The molecule has 1 aromatic carbocycles. The van der Waals surface area contributed by atoms with Crippen LogP contribution in [0.25, 0.3) is 0 Å². The number of sulfonamides is 1. The van der Waals surface area contributed by atoms with E-state index in [1.54, 1.807) is 18.3 Å². The first-order valence-electron chi connectivity index (χ1n) is 10.2. The molecule has 0 radical (unpaired) electrons. The van der Waals surface area contributed by atoms with Gasteiger partial charge in [0.15, 0.2) is 5.78 Å². The fourth-order valence-electron chi connectivity index (χ4n) is 3.53. The number of piperazine rings is 1. The van der Waals surface area contributed by atoms with Crippen molar-refractivity contribution >= 4 is 33.3 Å². The van der Waals surface area contributed by atoms with Crippen LogP contribution in [0.15, 0.2) is 59.6 Å². The van der Waals surface area contributed by atoms with Gasteiger partial charge in [0, 0.05) is 44.0 Å². The Morgan fingerprint density at radius 1 is 0.969 bits per heavy atom. The quantitative estimate of drug-likeness (QED) is 0.569. The number of rotatable bonds is 6. The molecule has 2 aromatic heterocycles. The Kier molecular flexibility index (Phi) is 6.15. The monoisotopic (exact) mass is 452 g/mol. The summed E-state index contributed by atoms with van der Waals surface area (Å²) in [5.41, 5.74) is 0.383. The van der Waals surface area contributed by atoms with Gasteiger partial charge in [0.1, 0.15) is 23.3 Å². The fraction of sp³-hybridized carbons (Fsp3) is 0.273. The van der Waals surface area contributed by atoms with Crippen LogP contribution in [0.3, 0.4) is 0 Å². The molecule has 3 aromatic rings. The first-order chi connectivity index (χ1) is 15.3. The van der Waals surface area contributed by atoms with E-state index in [4.69, 9.17) is 0 Å². The molecule has 0 unspecified atom stereocenters. The molecule has 0 bridgehead atoms. The van der Waals surface area contributed by atoms with Crippen LogP contribution in [0, 0.1) is 6.92 Å². The molecule has 0 aliphatic carbocycles. The molecule has 0 atom stereocenters. The lowest BCUT2D eigenvalue weighted by molar-refractivity contribution is 0.101. The Labute approximate surface area is 187 Å². The van der Waals surface area contributed by atoms with Crippen LogP contribution < -0.4 is 10.2 Å². The van der Waals surface area contributed by atoms with Crippen LogP contribution in [-0.2, 0) is 10.0 Å². The van der Waals surface area contributed by atoms with Gasteiger partial charge in [-0.2, -0.15) is 4.31 Å². The normalized spacial score (nSPS) is 14.9. The summed E-state index contributed by atoms with van der Waals surface area (Å²) in [7, 11) is -3.68. The number of hydrogen-bond acceptors (Lipinski definition) is 8. The number of benzene rings is 1. The number of aromatic nitrogens is 3. The zero-order chi connectivity index (χ0) is 22.7. The van der Waals surface area contributed by atoms with Gasteiger partial charge in [-0.3, -0.25) is 4.79 Å². The zero-order valence-electron chi connectivity index (χ0n) is 17.9. The third-order valence-electron chi connectivity index (χ3n) is 5.19. The Morgan fingerprint density at radius 2 is 1.75 bits per heavy atom.